The summed E-state index contributed by atoms with van der Waals surface area (Å²) in [5, 5.41) is 3.46. The normalized spacial score (nSPS) is 15.9. The molecule has 0 atom stereocenters. The minimum absolute atomic E-state index is 0.928. The zero-order valence-electron chi connectivity index (χ0n) is 12.4. The van der Waals surface area contributed by atoms with E-state index in [2.05, 4.69) is 60.1 Å². The number of hydrogen-bond acceptors (Lipinski definition) is 2. The third-order valence-corrected chi connectivity index (χ3v) is 4.66. The molecule has 0 fully saturated rings. The van der Waals surface area contributed by atoms with E-state index < -0.39 is 0 Å². The molecule has 0 saturated carbocycles. The van der Waals surface area contributed by atoms with Crippen molar-refractivity contribution in [3.05, 3.63) is 65.2 Å². The molecule has 0 saturated heterocycles. The lowest BCUT2D eigenvalue weighted by Crippen LogP contribution is -2.13. The highest BCUT2D eigenvalue weighted by Gasteiger charge is 2.24. The van der Waals surface area contributed by atoms with Crippen LogP contribution in [0.1, 0.15) is 29.2 Å². The van der Waals surface area contributed by atoms with Crippen molar-refractivity contribution >= 4 is 17.1 Å². The number of anilines is 2. The second kappa shape index (κ2) is 4.66. The Balaban J connectivity index is 1.70. The van der Waals surface area contributed by atoms with Gasteiger partial charge < -0.3 is 10.2 Å². The molecule has 0 aromatic heterocycles. The van der Waals surface area contributed by atoms with Gasteiger partial charge in [0.15, 0.2) is 0 Å². The van der Waals surface area contributed by atoms with Crippen LogP contribution in [-0.4, -0.2) is 6.54 Å². The molecule has 2 aliphatic rings. The Kier molecular flexibility index (Phi) is 2.78. The monoisotopic (exact) mass is 276 g/mol. The summed E-state index contributed by atoms with van der Waals surface area (Å²) in [6.07, 6.45) is 2.21. The van der Waals surface area contributed by atoms with Gasteiger partial charge >= 0.3 is 0 Å². The molecule has 21 heavy (non-hydrogen) atoms. The van der Waals surface area contributed by atoms with Gasteiger partial charge in [-0.1, -0.05) is 31.7 Å². The molecule has 0 unspecified atom stereocenters. The Morgan fingerprint density at radius 2 is 2.00 bits per heavy atom. The highest BCUT2D eigenvalue weighted by Crippen LogP contribution is 2.38. The van der Waals surface area contributed by atoms with Gasteiger partial charge in [-0.2, -0.15) is 0 Å². The molecule has 1 N–H and O–H groups in total. The van der Waals surface area contributed by atoms with Crippen molar-refractivity contribution in [2.24, 2.45) is 0 Å². The maximum Gasteiger partial charge on any atom is 0.0488 e. The van der Waals surface area contributed by atoms with Crippen LogP contribution in [0.5, 0.6) is 0 Å². The maximum atomic E-state index is 4.33. The van der Waals surface area contributed by atoms with Crippen LogP contribution in [0, 0.1) is 0 Å². The van der Waals surface area contributed by atoms with Crippen LogP contribution in [0.2, 0.25) is 0 Å². The van der Waals surface area contributed by atoms with Gasteiger partial charge in [-0.3, -0.25) is 0 Å². The van der Waals surface area contributed by atoms with E-state index in [4.69, 9.17) is 0 Å². The van der Waals surface area contributed by atoms with E-state index in [0.717, 1.165) is 31.6 Å². The van der Waals surface area contributed by atoms with Gasteiger partial charge in [-0.15, -0.1) is 0 Å². The van der Waals surface area contributed by atoms with E-state index in [0.29, 0.717) is 0 Å². The lowest BCUT2D eigenvalue weighted by Gasteiger charge is -2.20. The van der Waals surface area contributed by atoms with Crippen molar-refractivity contribution in [2.45, 2.75) is 26.3 Å². The van der Waals surface area contributed by atoms with Crippen molar-refractivity contribution < 1.29 is 0 Å². The first-order valence-corrected chi connectivity index (χ1v) is 7.71. The second-order valence-corrected chi connectivity index (χ2v) is 5.90. The molecule has 2 aliphatic heterocycles. The zero-order chi connectivity index (χ0) is 14.4. The molecular weight excluding hydrogens is 256 g/mol. The molecule has 106 valence electrons. The standard InChI is InChI=1S/C19H20N2/c1-3-14-4-5-16-12-21(13(2)18(16)10-14)17-7-6-15-8-9-20-19(15)11-17/h4-7,10-11,20H,2-3,8-9,12H2,1H3. The molecule has 0 aliphatic carbocycles. The summed E-state index contributed by atoms with van der Waals surface area (Å²) in [5.41, 5.74) is 9.14. The van der Waals surface area contributed by atoms with Gasteiger partial charge in [0.05, 0.1) is 0 Å². The van der Waals surface area contributed by atoms with Crippen LogP contribution >= 0.6 is 0 Å². The summed E-state index contributed by atoms with van der Waals surface area (Å²) in [7, 11) is 0. The largest absolute Gasteiger partial charge is 0.384 e. The van der Waals surface area contributed by atoms with Gasteiger partial charge in [-0.25, -0.2) is 0 Å². The van der Waals surface area contributed by atoms with Gasteiger partial charge in [-0.05, 0) is 47.7 Å². The summed E-state index contributed by atoms with van der Waals surface area (Å²) in [6.45, 7) is 8.51. The predicted octanol–water partition coefficient (Wildman–Crippen LogP) is 4.21. The molecule has 0 spiro atoms. The molecule has 2 aromatic carbocycles. The molecule has 0 radical (unpaired) electrons. The van der Waals surface area contributed by atoms with Crippen LogP contribution in [-0.2, 0) is 19.4 Å². The van der Waals surface area contributed by atoms with Crippen LogP contribution in [0.4, 0.5) is 11.4 Å². The number of nitrogens with zero attached hydrogens (tertiary/aromatic N) is 1. The minimum atomic E-state index is 0.928. The fourth-order valence-electron chi connectivity index (χ4n) is 3.36. The van der Waals surface area contributed by atoms with E-state index in [1.807, 2.05) is 0 Å². The van der Waals surface area contributed by atoms with Crippen molar-refractivity contribution in [2.75, 3.05) is 16.8 Å². The second-order valence-electron chi connectivity index (χ2n) is 5.90. The quantitative estimate of drug-likeness (QED) is 0.884. The molecule has 0 amide bonds. The van der Waals surface area contributed by atoms with Gasteiger partial charge in [0.25, 0.3) is 0 Å². The van der Waals surface area contributed by atoms with Crippen molar-refractivity contribution in [3.63, 3.8) is 0 Å². The summed E-state index contributed by atoms with van der Waals surface area (Å²) in [6, 6.07) is 13.5. The maximum absolute atomic E-state index is 4.33. The Morgan fingerprint density at radius 1 is 1.14 bits per heavy atom. The Bertz CT molecular complexity index is 730. The summed E-state index contributed by atoms with van der Waals surface area (Å²) in [4.78, 5) is 2.32. The first-order valence-electron chi connectivity index (χ1n) is 7.71. The Hall–Kier alpha value is -2.22. The highest BCUT2D eigenvalue weighted by atomic mass is 15.2. The van der Waals surface area contributed by atoms with Crippen LogP contribution in [0.15, 0.2) is 43.0 Å². The molecule has 2 nitrogen and oxygen atoms in total. The third-order valence-electron chi connectivity index (χ3n) is 4.66. The van der Waals surface area contributed by atoms with Crippen molar-refractivity contribution in [3.8, 4) is 0 Å². The van der Waals surface area contributed by atoms with Gasteiger partial charge in [0.1, 0.15) is 0 Å². The molecule has 2 heterocycles. The van der Waals surface area contributed by atoms with Crippen LogP contribution < -0.4 is 10.2 Å². The first-order chi connectivity index (χ1) is 10.3. The van der Waals surface area contributed by atoms with Crippen LogP contribution in [0.25, 0.3) is 5.70 Å². The minimum Gasteiger partial charge on any atom is -0.384 e. The van der Waals surface area contributed by atoms with Crippen LogP contribution in [0.3, 0.4) is 0 Å². The number of nitrogens with one attached hydrogen (secondary N) is 1. The summed E-state index contributed by atoms with van der Waals surface area (Å²) in [5.74, 6) is 0. The average molecular weight is 276 g/mol. The third kappa shape index (κ3) is 1.94. The molecule has 2 heteroatoms. The molecule has 4 rings (SSSR count). The molecule has 0 bridgehead atoms. The van der Waals surface area contributed by atoms with E-state index in [-0.39, 0.29) is 0 Å². The number of aryl methyl sites for hydroxylation is 1. The lowest BCUT2D eigenvalue weighted by molar-refractivity contribution is 1.04. The van der Waals surface area contributed by atoms with Gasteiger partial charge in [0, 0.05) is 35.7 Å². The first kappa shape index (κ1) is 12.5. The van der Waals surface area contributed by atoms with E-state index >= 15 is 0 Å². The molecular formula is C19H20N2. The smallest absolute Gasteiger partial charge is 0.0488 e. The molecule has 2 aromatic rings. The average Bonchev–Trinajstić information content (AvgIpc) is 3.11. The number of hydrogen-bond donors (Lipinski definition) is 1. The van der Waals surface area contributed by atoms with E-state index in [1.165, 1.54) is 33.6 Å². The predicted molar refractivity (Wildman–Crippen MR) is 89.7 cm³/mol. The SMILES string of the molecule is C=C1c2cc(CC)ccc2CN1c1ccc2c(c1)NCC2. The fourth-order valence-corrected chi connectivity index (χ4v) is 3.36. The van der Waals surface area contributed by atoms with E-state index in [1.54, 1.807) is 0 Å². The highest BCUT2D eigenvalue weighted by molar-refractivity contribution is 5.85. The fraction of sp³-hybridized carbons (Fsp3) is 0.263. The van der Waals surface area contributed by atoms with E-state index in [9.17, 15) is 0 Å². The van der Waals surface area contributed by atoms with Crippen molar-refractivity contribution in [1.82, 2.24) is 0 Å². The zero-order valence-corrected chi connectivity index (χ0v) is 12.4. The Morgan fingerprint density at radius 3 is 2.86 bits per heavy atom. The lowest BCUT2D eigenvalue weighted by atomic mass is 10.0. The number of benzene rings is 2. The van der Waals surface area contributed by atoms with Gasteiger partial charge in [0.2, 0.25) is 0 Å². The Labute approximate surface area is 126 Å². The summed E-state index contributed by atoms with van der Waals surface area (Å²) < 4.78 is 0. The number of rotatable bonds is 2. The topological polar surface area (TPSA) is 15.3 Å². The summed E-state index contributed by atoms with van der Waals surface area (Å²) >= 11 is 0. The van der Waals surface area contributed by atoms with Crippen molar-refractivity contribution in [1.29, 1.82) is 0 Å². The number of fused-ring (bicyclic) bond motifs is 2.